The van der Waals surface area contributed by atoms with E-state index in [1.54, 1.807) is 18.2 Å². The first-order chi connectivity index (χ1) is 14.9. The number of sulfonamides is 1. The number of hydrogen-bond acceptors (Lipinski definition) is 5. The predicted molar refractivity (Wildman–Crippen MR) is 114 cm³/mol. The molecule has 3 aromatic rings. The van der Waals surface area contributed by atoms with Crippen molar-refractivity contribution in [1.82, 2.24) is 5.32 Å². The molecule has 0 bridgehead atoms. The van der Waals surface area contributed by atoms with Crippen molar-refractivity contribution in [2.45, 2.75) is 11.4 Å². The summed E-state index contributed by atoms with van der Waals surface area (Å²) in [6, 6.07) is 16.1. The molecule has 0 spiro atoms. The number of hydrogen-bond donors (Lipinski definition) is 2. The van der Waals surface area contributed by atoms with Crippen molar-refractivity contribution in [3.8, 4) is 11.5 Å². The van der Waals surface area contributed by atoms with E-state index in [9.17, 15) is 17.6 Å². The molecule has 9 heteroatoms. The Bertz CT molecular complexity index is 1180. The van der Waals surface area contributed by atoms with Crippen molar-refractivity contribution in [2.75, 3.05) is 18.9 Å². The molecule has 0 saturated carbocycles. The van der Waals surface area contributed by atoms with Crippen LogP contribution in [0.5, 0.6) is 11.5 Å². The van der Waals surface area contributed by atoms with Crippen molar-refractivity contribution < 1.29 is 27.1 Å². The summed E-state index contributed by atoms with van der Waals surface area (Å²) in [5.41, 5.74) is 0.594. The van der Waals surface area contributed by atoms with Gasteiger partial charge >= 0.3 is 0 Å². The van der Waals surface area contributed by atoms with Gasteiger partial charge in [0.25, 0.3) is 15.9 Å². The number of ether oxygens (including phenoxy) is 2. The number of rotatable bonds is 8. The molecule has 0 radical (unpaired) electrons. The topological polar surface area (TPSA) is 93.7 Å². The van der Waals surface area contributed by atoms with E-state index >= 15 is 0 Å². The number of carbonyl (C=O) groups is 1. The molecular weight excluding hydrogens is 423 g/mol. The average Bonchev–Trinajstić information content (AvgIpc) is 2.78. The second kappa shape index (κ2) is 9.48. The molecule has 3 rings (SSSR count). The quantitative estimate of drug-likeness (QED) is 0.554. The molecule has 0 aromatic heterocycles. The third-order valence-electron chi connectivity index (χ3n) is 4.48. The van der Waals surface area contributed by atoms with E-state index < -0.39 is 21.7 Å². The van der Waals surface area contributed by atoms with Crippen LogP contribution in [0.15, 0.2) is 71.6 Å². The number of benzene rings is 3. The van der Waals surface area contributed by atoms with Crippen molar-refractivity contribution in [1.29, 1.82) is 0 Å². The van der Waals surface area contributed by atoms with Crippen molar-refractivity contribution in [3.63, 3.8) is 0 Å². The summed E-state index contributed by atoms with van der Waals surface area (Å²) in [5, 5.41) is 2.73. The van der Waals surface area contributed by atoms with Crippen LogP contribution in [-0.4, -0.2) is 28.5 Å². The normalized spacial score (nSPS) is 10.9. The molecule has 0 fully saturated rings. The Morgan fingerprint density at radius 2 is 1.58 bits per heavy atom. The fourth-order valence-corrected chi connectivity index (χ4v) is 4.04. The minimum Gasteiger partial charge on any atom is -0.496 e. The highest BCUT2D eigenvalue weighted by atomic mass is 32.2. The van der Waals surface area contributed by atoms with Gasteiger partial charge in [0, 0.05) is 5.56 Å². The lowest BCUT2D eigenvalue weighted by atomic mass is 10.1. The molecule has 7 nitrogen and oxygen atoms in total. The first-order valence-corrected chi connectivity index (χ1v) is 10.7. The lowest BCUT2D eigenvalue weighted by molar-refractivity contribution is 0.0950. The van der Waals surface area contributed by atoms with Crippen LogP contribution in [0.3, 0.4) is 0 Å². The Morgan fingerprint density at radius 1 is 0.935 bits per heavy atom. The lowest BCUT2D eigenvalue weighted by Crippen LogP contribution is -2.24. The fourth-order valence-electron chi connectivity index (χ4n) is 2.93. The third kappa shape index (κ3) is 5.13. The van der Waals surface area contributed by atoms with Gasteiger partial charge in [0.2, 0.25) is 0 Å². The average molecular weight is 444 g/mol. The van der Waals surface area contributed by atoms with Gasteiger partial charge in [-0.05, 0) is 42.5 Å². The summed E-state index contributed by atoms with van der Waals surface area (Å²) < 4.78 is 51.9. The summed E-state index contributed by atoms with van der Waals surface area (Å²) in [4.78, 5) is 12.5. The zero-order valence-electron chi connectivity index (χ0n) is 16.9. The SMILES string of the molecule is COc1cccc(OC)c1CNC(=O)c1cccc(S(=O)(=O)Nc2ccccc2F)c1. The monoisotopic (exact) mass is 444 g/mol. The molecule has 0 saturated heterocycles. The maximum Gasteiger partial charge on any atom is 0.262 e. The molecule has 0 aliphatic heterocycles. The largest absolute Gasteiger partial charge is 0.496 e. The Kier molecular flexibility index (Phi) is 6.76. The van der Waals surface area contributed by atoms with Gasteiger partial charge in [-0.1, -0.05) is 24.3 Å². The van der Waals surface area contributed by atoms with E-state index in [0.717, 1.165) is 6.07 Å². The second-order valence-corrected chi connectivity index (χ2v) is 8.12. The fraction of sp³-hybridized carbons (Fsp3) is 0.136. The number of methoxy groups -OCH3 is 2. The van der Waals surface area contributed by atoms with Gasteiger partial charge in [0.05, 0.1) is 36.9 Å². The zero-order chi connectivity index (χ0) is 22.4. The highest BCUT2D eigenvalue weighted by Gasteiger charge is 2.18. The Labute approximate surface area is 179 Å². The number of para-hydroxylation sites is 1. The molecule has 0 aliphatic carbocycles. The molecule has 1 amide bonds. The maximum absolute atomic E-state index is 13.8. The standard InChI is InChI=1S/C22H21FN2O5S/c1-29-20-11-6-12-21(30-2)17(20)14-24-22(26)15-7-5-8-16(13-15)31(27,28)25-19-10-4-3-9-18(19)23/h3-13,25H,14H2,1-2H3,(H,24,26). The van der Waals surface area contributed by atoms with Gasteiger partial charge in [-0.3, -0.25) is 9.52 Å². The van der Waals surface area contributed by atoms with Crippen LogP contribution >= 0.6 is 0 Å². The number of carbonyl (C=O) groups excluding carboxylic acids is 1. The van der Waals surface area contributed by atoms with Gasteiger partial charge in [-0.25, -0.2) is 12.8 Å². The first kappa shape index (κ1) is 22.1. The van der Waals surface area contributed by atoms with Crippen LogP contribution in [0.1, 0.15) is 15.9 Å². The van der Waals surface area contributed by atoms with Crippen LogP contribution in [0.4, 0.5) is 10.1 Å². The molecule has 0 heterocycles. The van der Waals surface area contributed by atoms with Crippen LogP contribution < -0.4 is 19.5 Å². The van der Waals surface area contributed by atoms with Gasteiger partial charge in [0.1, 0.15) is 17.3 Å². The molecule has 0 aliphatic rings. The van der Waals surface area contributed by atoms with Crippen LogP contribution in [0.25, 0.3) is 0 Å². The highest BCUT2D eigenvalue weighted by Crippen LogP contribution is 2.28. The molecule has 0 atom stereocenters. The Balaban J connectivity index is 1.79. The van der Waals surface area contributed by atoms with Crippen molar-refractivity contribution in [2.24, 2.45) is 0 Å². The number of anilines is 1. The van der Waals surface area contributed by atoms with E-state index in [4.69, 9.17) is 9.47 Å². The molecule has 0 unspecified atom stereocenters. The smallest absolute Gasteiger partial charge is 0.262 e. The van der Waals surface area contributed by atoms with E-state index in [1.165, 1.54) is 56.7 Å². The van der Waals surface area contributed by atoms with Crippen LogP contribution in [0.2, 0.25) is 0 Å². The van der Waals surface area contributed by atoms with E-state index in [0.29, 0.717) is 17.1 Å². The van der Waals surface area contributed by atoms with Gasteiger partial charge < -0.3 is 14.8 Å². The number of nitrogens with one attached hydrogen (secondary N) is 2. The molecule has 2 N–H and O–H groups in total. The number of amides is 1. The molecule has 162 valence electrons. The maximum atomic E-state index is 13.8. The Morgan fingerprint density at radius 3 is 2.23 bits per heavy atom. The van der Waals surface area contributed by atoms with E-state index in [2.05, 4.69) is 10.0 Å². The Hall–Kier alpha value is -3.59. The molecule has 31 heavy (non-hydrogen) atoms. The first-order valence-electron chi connectivity index (χ1n) is 9.21. The van der Waals surface area contributed by atoms with Gasteiger partial charge in [-0.2, -0.15) is 0 Å². The van der Waals surface area contributed by atoms with Gasteiger partial charge in [0.15, 0.2) is 0 Å². The van der Waals surface area contributed by atoms with E-state index in [-0.39, 0.29) is 22.7 Å². The summed E-state index contributed by atoms with van der Waals surface area (Å²) in [6.45, 7) is 0.108. The summed E-state index contributed by atoms with van der Waals surface area (Å²) in [7, 11) is -1.07. The van der Waals surface area contributed by atoms with Crippen LogP contribution in [-0.2, 0) is 16.6 Å². The minimum atomic E-state index is -4.09. The summed E-state index contributed by atoms with van der Waals surface area (Å²) >= 11 is 0. The third-order valence-corrected chi connectivity index (χ3v) is 5.84. The minimum absolute atomic E-state index is 0.108. The predicted octanol–water partition coefficient (Wildman–Crippen LogP) is 3.57. The summed E-state index contributed by atoms with van der Waals surface area (Å²) in [6.07, 6.45) is 0. The number of halogens is 1. The van der Waals surface area contributed by atoms with Crippen molar-refractivity contribution >= 4 is 21.6 Å². The lowest BCUT2D eigenvalue weighted by Gasteiger charge is -2.14. The zero-order valence-corrected chi connectivity index (χ0v) is 17.7. The van der Waals surface area contributed by atoms with Gasteiger partial charge in [-0.15, -0.1) is 0 Å². The van der Waals surface area contributed by atoms with E-state index in [1.807, 2.05) is 0 Å². The highest BCUT2D eigenvalue weighted by molar-refractivity contribution is 7.92. The second-order valence-electron chi connectivity index (χ2n) is 6.44. The van der Waals surface area contributed by atoms with Crippen LogP contribution in [0, 0.1) is 5.82 Å². The summed E-state index contributed by atoms with van der Waals surface area (Å²) in [5.74, 6) is -0.100. The molecular formula is C22H21FN2O5S. The van der Waals surface area contributed by atoms with Crippen molar-refractivity contribution in [3.05, 3.63) is 83.7 Å². The molecule has 3 aromatic carbocycles.